The second-order valence-corrected chi connectivity index (χ2v) is 8.82. The van der Waals surface area contributed by atoms with Crippen molar-refractivity contribution in [1.82, 2.24) is 0 Å². The Morgan fingerprint density at radius 3 is 2.09 bits per heavy atom. The Bertz CT molecular complexity index is 1670. The fraction of sp³-hybridized carbons (Fsp3) is 0.0323. The van der Waals surface area contributed by atoms with Gasteiger partial charge in [0.25, 0.3) is 0 Å². The maximum absolute atomic E-state index is 5.16. The molecule has 6 aromatic rings. The molecule has 1 unspecified atom stereocenters. The normalized spacial score (nSPS) is 15.1. The lowest BCUT2D eigenvalue weighted by molar-refractivity contribution is -0.657. The van der Waals surface area contributed by atoms with Gasteiger partial charge in [-0.1, -0.05) is 78.9 Å². The smallest absolute Gasteiger partial charge is 0.344 e. The molecule has 0 saturated heterocycles. The van der Waals surface area contributed by atoms with E-state index >= 15 is 0 Å². The molecule has 33 heavy (non-hydrogen) atoms. The molecule has 6 aromatic carbocycles. The van der Waals surface area contributed by atoms with Crippen molar-refractivity contribution >= 4 is 38.0 Å². The van der Waals surface area contributed by atoms with Crippen molar-refractivity contribution in [1.29, 1.82) is 0 Å². The number of quaternary nitrogens is 1. The Labute approximate surface area is 192 Å². The molecule has 1 atom stereocenters. The average molecular weight is 426 g/mol. The highest BCUT2D eigenvalue weighted by Gasteiger charge is 2.35. The van der Waals surface area contributed by atoms with Crippen molar-refractivity contribution in [2.45, 2.75) is 6.23 Å². The van der Waals surface area contributed by atoms with E-state index in [0.717, 1.165) is 5.75 Å². The largest absolute Gasteiger partial charge is 0.531 e. The summed E-state index contributed by atoms with van der Waals surface area (Å²) in [4.78, 5) is 0. The molecular formula is C31H23NO+2. The van der Waals surface area contributed by atoms with E-state index in [-0.39, 0.29) is 6.23 Å². The quantitative estimate of drug-likeness (QED) is 0.134. The summed E-state index contributed by atoms with van der Waals surface area (Å²) in [5.74, 6) is 1.12. The number of ether oxygens (including phenoxy) is 1. The fourth-order valence-corrected chi connectivity index (χ4v) is 5.14. The molecule has 0 aliphatic carbocycles. The standard InChI is InChI=1S/C31H21NO/c1-2-7-22(8-3-1)31-32-28-17-15-21-11-13-26-19-25(14-16-27(26)29(21)30(28)33-31)24-12-10-20-6-4-5-9-23(20)18-24/h1-19,31-32H/p+2. The van der Waals surface area contributed by atoms with Crippen LogP contribution in [-0.2, 0) is 0 Å². The van der Waals surface area contributed by atoms with Crippen LogP contribution >= 0.6 is 0 Å². The summed E-state index contributed by atoms with van der Waals surface area (Å²) in [6.45, 7) is 0. The first-order valence-electron chi connectivity index (χ1n) is 11.4. The number of fused-ring (bicyclic) bond motifs is 6. The third kappa shape index (κ3) is 3.00. The van der Waals surface area contributed by atoms with Gasteiger partial charge < -0.3 is 4.74 Å². The summed E-state index contributed by atoms with van der Waals surface area (Å²) in [6.07, 6.45) is 0.0823. The van der Waals surface area contributed by atoms with Crippen molar-refractivity contribution < 1.29 is 10.1 Å². The number of rotatable bonds is 2. The monoisotopic (exact) mass is 425 g/mol. The number of aromatic hydroxyl groups is 1. The van der Waals surface area contributed by atoms with Gasteiger partial charge in [0.2, 0.25) is 5.69 Å². The Balaban J connectivity index is 1.36. The second-order valence-electron chi connectivity index (χ2n) is 8.82. The van der Waals surface area contributed by atoms with Crippen LogP contribution < -0.4 is 5.32 Å². The minimum absolute atomic E-state index is 0.0823. The number of aliphatic hydroxyl groups is 1. The van der Waals surface area contributed by atoms with E-state index in [1.54, 1.807) is 0 Å². The second kappa shape index (κ2) is 7.19. The zero-order valence-corrected chi connectivity index (χ0v) is 18.1. The molecular weight excluding hydrogens is 402 g/mol. The highest BCUT2D eigenvalue weighted by molar-refractivity contribution is 6.12. The third-order valence-electron chi connectivity index (χ3n) is 6.83. The molecule has 0 saturated carbocycles. The Kier molecular flexibility index (Phi) is 4.02. The average Bonchev–Trinajstić information content (AvgIpc) is 3.33. The first-order chi connectivity index (χ1) is 16.3. The number of hydrogen-bond acceptors (Lipinski definition) is 0. The van der Waals surface area contributed by atoms with Crippen LogP contribution in [0.1, 0.15) is 11.8 Å². The van der Waals surface area contributed by atoms with Gasteiger partial charge >= 0.3 is 12.0 Å². The van der Waals surface area contributed by atoms with Crippen molar-refractivity contribution in [3.63, 3.8) is 0 Å². The van der Waals surface area contributed by atoms with Gasteiger partial charge in [-0.3, -0.25) is 0 Å². The maximum Gasteiger partial charge on any atom is 0.344 e. The molecule has 1 heterocycles. The maximum atomic E-state index is 5.16. The summed E-state index contributed by atoms with van der Waals surface area (Å²) in [6, 6.07) is 41.5. The van der Waals surface area contributed by atoms with Crippen LogP contribution in [0.4, 0.5) is 5.69 Å². The van der Waals surface area contributed by atoms with Crippen LogP contribution in [0, 0.1) is 0 Å². The summed E-state index contributed by atoms with van der Waals surface area (Å²) >= 11 is 0. The summed E-state index contributed by atoms with van der Waals surface area (Å²) < 4.78 is 5.16. The number of hydrogen-bond donors (Lipinski definition) is 1. The zero-order chi connectivity index (χ0) is 21.8. The van der Waals surface area contributed by atoms with Gasteiger partial charge in [-0.15, -0.1) is 0 Å². The van der Waals surface area contributed by atoms with Gasteiger partial charge in [0.15, 0.2) is 0 Å². The van der Waals surface area contributed by atoms with Crippen LogP contribution in [0.15, 0.2) is 115 Å². The van der Waals surface area contributed by atoms with Gasteiger partial charge in [0.1, 0.15) is 5.56 Å². The molecule has 3 N–H and O–H groups in total. The van der Waals surface area contributed by atoms with Crippen molar-refractivity contribution in [2.24, 2.45) is 0 Å². The van der Waals surface area contributed by atoms with E-state index in [9.17, 15) is 0 Å². The molecule has 0 radical (unpaired) electrons. The predicted molar refractivity (Wildman–Crippen MR) is 137 cm³/mol. The van der Waals surface area contributed by atoms with Gasteiger partial charge in [0.05, 0.1) is 5.39 Å². The van der Waals surface area contributed by atoms with E-state index in [1.807, 2.05) is 0 Å². The molecule has 0 bridgehead atoms. The first-order valence-corrected chi connectivity index (χ1v) is 11.4. The van der Waals surface area contributed by atoms with Crippen LogP contribution in [0.5, 0.6) is 5.75 Å². The van der Waals surface area contributed by atoms with Gasteiger partial charge in [-0.25, -0.2) is 5.32 Å². The molecule has 2 heteroatoms. The molecule has 0 spiro atoms. The third-order valence-corrected chi connectivity index (χ3v) is 6.83. The van der Waals surface area contributed by atoms with E-state index in [1.165, 1.54) is 54.7 Å². The SMILES string of the molecule is c1ccc(C2[NH2+]c3ccc4ccc5cc(-c6ccc7ccccc7c6)ccc5c4c3[OH+]2)cc1. The Morgan fingerprint density at radius 1 is 0.545 bits per heavy atom. The minimum atomic E-state index is 0.0823. The van der Waals surface area contributed by atoms with Crippen molar-refractivity contribution in [2.75, 3.05) is 0 Å². The highest BCUT2D eigenvalue weighted by Crippen LogP contribution is 2.42. The van der Waals surface area contributed by atoms with Crippen molar-refractivity contribution in [3.05, 3.63) is 121 Å². The molecule has 156 valence electrons. The fourth-order valence-electron chi connectivity index (χ4n) is 5.14. The van der Waals surface area contributed by atoms with Gasteiger partial charge in [-0.05, 0) is 68.4 Å². The van der Waals surface area contributed by atoms with Crippen LogP contribution in [-0.4, -0.2) is 4.74 Å². The first kappa shape index (κ1) is 18.4. The van der Waals surface area contributed by atoms with E-state index < -0.39 is 0 Å². The molecule has 0 amide bonds. The topological polar surface area (TPSA) is 29.4 Å². The molecule has 1 aliphatic heterocycles. The molecule has 1 aliphatic rings. The van der Waals surface area contributed by atoms with Crippen LogP contribution in [0.2, 0.25) is 0 Å². The molecule has 0 fully saturated rings. The van der Waals surface area contributed by atoms with Gasteiger partial charge in [0, 0.05) is 6.07 Å². The zero-order valence-electron chi connectivity index (χ0n) is 18.1. The van der Waals surface area contributed by atoms with Crippen LogP contribution in [0.25, 0.3) is 43.4 Å². The molecule has 0 aromatic heterocycles. The van der Waals surface area contributed by atoms with Crippen molar-refractivity contribution in [3.8, 4) is 16.9 Å². The number of nitrogens with two attached hydrogens (primary N) is 1. The Hall–Kier alpha value is -4.14. The molecule has 7 rings (SSSR count). The minimum Gasteiger partial charge on any atom is -0.531 e. The summed E-state index contributed by atoms with van der Waals surface area (Å²) in [7, 11) is 0. The summed E-state index contributed by atoms with van der Waals surface area (Å²) in [5, 5.41) is 9.84. The van der Waals surface area contributed by atoms with Crippen LogP contribution in [0.3, 0.4) is 0 Å². The van der Waals surface area contributed by atoms with E-state index in [4.69, 9.17) is 4.74 Å². The lowest BCUT2D eigenvalue weighted by atomic mass is 9.95. The van der Waals surface area contributed by atoms with E-state index in [0.29, 0.717) is 0 Å². The predicted octanol–water partition coefficient (Wildman–Crippen LogP) is 6.96. The lowest BCUT2D eigenvalue weighted by Gasteiger charge is -2.09. The Morgan fingerprint density at radius 2 is 1.21 bits per heavy atom. The molecule has 2 nitrogen and oxygen atoms in total. The van der Waals surface area contributed by atoms with E-state index in [2.05, 4.69) is 121 Å². The lowest BCUT2D eigenvalue weighted by Crippen LogP contribution is -2.77. The highest BCUT2D eigenvalue weighted by atomic mass is 16.5. The summed E-state index contributed by atoms with van der Waals surface area (Å²) in [5.41, 5.74) is 4.95. The number of benzene rings is 6. The van der Waals surface area contributed by atoms with Gasteiger partial charge in [-0.2, -0.15) is 0 Å².